The molecule has 2 aromatic carbocycles. The summed E-state index contributed by atoms with van der Waals surface area (Å²) in [6, 6.07) is 9.97. The highest BCUT2D eigenvalue weighted by atomic mass is 35.5. The smallest absolute Gasteiger partial charge is 0.146 e. The van der Waals surface area contributed by atoms with E-state index in [1.54, 1.807) is 0 Å². The molecule has 0 aliphatic carbocycles. The van der Waals surface area contributed by atoms with Gasteiger partial charge in [-0.25, -0.2) is 0 Å². The van der Waals surface area contributed by atoms with Gasteiger partial charge in [0.05, 0.1) is 17.7 Å². The molecule has 0 saturated heterocycles. The first-order chi connectivity index (χ1) is 12.1. The summed E-state index contributed by atoms with van der Waals surface area (Å²) in [5.41, 5.74) is 0. The van der Waals surface area contributed by atoms with Crippen molar-refractivity contribution in [3.05, 3.63) is 35.4 Å². The Balaban J connectivity index is 1.97. The van der Waals surface area contributed by atoms with Gasteiger partial charge in [-0.15, -0.1) is 11.6 Å². The van der Waals surface area contributed by atoms with Gasteiger partial charge in [0.25, 0.3) is 0 Å². The van der Waals surface area contributed by atoms with Gasteiger partial charge in [0, 0.05) is 22.7 Å². The van der Waals surface area contributed by atoms with Crippen LogP contribution in [0, 0.1) is 0 Å². The summed E-state index contributed by atoms with van der Waals surface area (Å²) < 4.78 is 11.9. The number of hydrogen-bond acceptors (Lipinski definition) is 2. The average Bonchev–Trinajstić information content (AvgIpc) is 2.60. The molecule has 0 spiro atoms. The van der Waals surface area contributed by atoms with Gasteiger partial charge in [0.2, 0.25) is 0 Å². The fourth-order valence-electron chi connectivity index (χ4n) is 2.84. The van der Waals surface area contributed by atoms with Crippen molar-refractivity contribution in [3.8, 4) is 11.5 Å². The molecule has 0 atom stereocenters. The third-order valence-corrected chi connectivity index (χ3v) is 4.60. The largest absolute Gasteiger partial charge is 0.493 e. The van der Waals surface area contributed by atoms with Crippen molar-refractivity contribution in [2.75, 3.05) is 12.5 Å². The fraction of sp³-hybridized carbons (Fsp3) is 0.524. The van der Waals surface area contributed by atoms with Crippen molar-refractivity contribution >= 4 is 34.0 Å². The topological polar surface area (TPSA) is 18.5 Å². The van der Waals surface area contributed by atoms with E-state index in [1.165, 1.54) is 25.7 Å². The summed E-state index contributed by atoms with van der Waals surface area (Å²) in [5.74, 6) is 2.34. The van der Waals surface area contributed by atoms with Gasteiger partial charge in [0.15, 0.2) is 0 Å². The standard InChI is InChI=1S/C21H28Cl2O2/c1-16(2)25-21-18-12-8-7-11-17(18)20(15-19(21)23)24-14-10-6-4-3-5-9-13-22/h7-8,11-12,15-16H,3-6,9-10,13-14H2,1-2H3. The molecule has 0 N–H and O–H groups in total. The number of benzene rings is 2. The Morgan fingerprint density at radius 2 is 1.56 bits per heavy atom. The van der Waals surface area contributed by atoms with E-state index in [2.05, 4.69) is 6.07 Å². The van der Waals surface area contributed by atoms with Crippen LogP contribution in [0.2, 0.25) is 5.02 Å². The van der Waals surface area contributed by atoms with E-state index in [0.717, 1.165) is 41.0 Å². The first kappa shape index (κ1) is 20.2. The molecule has 138 valence electrons. The molecule has 0 aliphatic heterocycles. The monoisotopic (exact) mass is 382 g/mol. The van der Waals surface area contributed by atoms with Crippen LogP contribution in [0.4, 0.5) is 0 Å². The molecule has 0 unspecified atom stereocenters. The predicted molar refractivity (Wildman–Crippen MR) is 109 cm³/mol. The van der Waals surface area contributed by atoms with Crippen molar-refractivity contribution in [3.63, 3.8) is 0 Å². The van der Waals surface area contributed by atoms with Crippen molar-refractivity contribution in [1.29, 1.82) is 0 Å². The minimum atomic E-state index is 0.0754. The molecule has 2 aromatic rings. The fourth-order valence-corrected chi connectivity index (χ4v) is 3.28. The van der Waals surface area contributed by atoms with Crippen molar-refractivity contribution < 1.29 is 9.47 Å². The quantitative estimate of drug-likeness (QED) is 0.301. The maximum atomic E-state index is 6.45. The SMILES string of the molecule is CC(C)Oc1c(Cl)cc(OCCCCCCCCCl)c2ccccc12. The molecule has 0 aliphatic rings. The number of hydrogen-bond donors (Lipinski definition) is 0. The molecular formula is C21H28Cl2O2. The minimum absolute atomic E-state index is 0.0754. The second-order valence-electron chi connectivity index (χ2n) is 6.56. The first-order valence-corrected chi connectivity index (χ1v) is 10.1. The van der Waals surface area contributed by atoms with Crippen LogP contribution in [0.5, 0.6) is 11.5 Å². The lowest BCUT2D eigenvalue weighted by atomic mass is 10.1. The molecule has 2 nitrogen and oxygen atoms in total. The maximum absolute atomic E-state index is 6.45. The Labute approximate surface area is 161 Å². The molecule has 0 amide bonds. The van der Waals surface area contributed by atoms with Crippen LogP contribution in [0.1, 0.15) is 52.4 Å². The van der Waals surface area contributed by atoms with Gasteiger partial charge in [-0.2, -0.15) is 0 Å². The lowest BCUT2D eigenvalue weighted by Gasteiger charge is -2.17. The summed E-state index contributed by atoms with van der Waals surface area (Å²) >= 11 is 12.1. The second-order valence-corrected chi connectivity index (χ2v) is 7.34. The third-order valence-electron chi connectivity index (χ3n) is 4.05. The lowest BCUT2D eigenvalue weighted by molar-refractivity contribution is 0.245. The Hall–Kier alpha value is -1.12. The molecule has 0 radical (unpaired) electrons. The van der Waals surface area contributed by atoms with Crippen LogP contribution >= 0.6 is 23.2 Å². The van der Waals surface area contributed by atoms with E-state index in [0.29, 0.717) is 11.6 Å². The van der Waals surface area contributed by atoms with Gasteiger partial charge in [-0.1, -0.05) is 61.5 Å². The Bertz CT molecular complexity index is 656. The maximum Gasteiger partial charge on any atom is 0.146 e. The zero-order chi connectivity index (χ0) is 18.1. The van der Waals surface area contributed by atoms with Crippen molar-refractivity contribution in [2.45, 2.75) is 58.5 Å². The number of fused-ring (bicyclic) bond motifs is 1. The molecule has 2 rings (SSSR count). The molecule has 0 saturated carbocycles. The van der Waals surface area contributed by atoms with Gasteiger partial charge in [0.1, 0.15) is 11.5 Å². The molecule has 0 bridgehead atoms. The Morgan fingerprint density at radius 1 is 0.920 bits per heavy atom. The van der Waals surface area contributed by atoms with Crippen LogP contribution in [-0.4, -0.2) is 18.6 Å². The van der Waals surface area contributed by atoms with Crippen LogP contribution in [0.3, 0.4) is 0 Å². The Morgan fingerprint density at radius 3 is 2.24 bits per heavy atom. The van der Waals surface area contributed by atoms with Crippen LogP contribution in [-0.2, 0) is 0 Å². The molecule has 4 heteroatoms. The predicted octanol–water partition coefficient (Wildman–Crippen LogP) is 7.24. The van der Waals surface area contributed by atoms with Crippen LogP contribution in [0.15, 0.2) is 30.3 Å². The average molecular weight is 383 g/mol. The number of unbranched alkanes of at least 4 members (excludes halogenated alkanes) is 5. The van der Waals surface area contributed by atoms with E-state index in [1.807, 2.05) is 38.1 Å². The summed E-state index contributed by atoms with van der Waals surface area (Å²) in [4.78, 5) is 0. The van der Waals surface area contributed by atoms with Crippen molar-refractivity contribution in [1.82, 2.24) is 0 Å². The summed E-state index contributed by atoms with van der Waals surface area (Å²) in [5, 5.41) is 2.65. The highest BCUT2D eigenvalue weighted by Crippen LogP contribution is 2.40. The number of alkyl halides is 1. The second kappa shape index (κ2) is 10.8. The lowest BCUT2D eigenvalue weighted by Crippen LogP contribution is -2.07. The van der Waals surface area contributed by atoms with E-state index >= 15 is 0 Å². The molecule has 0 aromatic heterocycles. The number of rotatable bonds is 11. The molecule has 0 fully saturated rings. The Kier molecular flexibility index (Phi) is 8.71. The van der Waals surface area contributed by atoms with Gasteiger partial charge in [-0.05, 0) is 26.7 Å². The third kappa shape index (κ3) is 6.27. The highest BCUT2D eigenvalue weighted by Gasteiger charge is 2.14. The zero-order valence-electron chi connectivity index (χ0n) is 15.2. The zero-order valence-corrected chi connectivity index (χ0v) is 16.7. The van der Waals surface area contributed by atoms with Gasteiger partial charge >= 0.3 is 0 Å². The van der Waals surface area contributed by atoms with E-state index in [-0.39, 0.29) is 6.10 Å². The number of halogens is 2. The van der Waals surface area contributed by atoms with E-state index in [4.69, 9.17) is 32.7 Å². The molecule has 0 heterocycles. The van der Waals surface area contributed by atoms with Gasteiger partial charge in [-0.3, -0.25) is 0 Å². The molecule has 25 heavy (non-hydrogen) atoms. The highest BCUT2D eigenvalue weighted by molar-refractivity contribution is 6.33. The number of ether oxygens (including phenoxy) is 2. The first-order valence-electron chi connectivity index (χ1n) is 9.20. The summed E-state index contributed by atoms with van der Waals surface area (Å²) in [6.45, 7) is 4.71. The summed E-state index contributed by atoms with van der Waals surface area (Å²) in [7, 11) is 0. The van der Waals surface area contributed by atoms with Gasteiger partial charge < -0.3 is 9.47 Å². The van der Waals surface area contributed by atoms with Crippen molar-refractivity contribution in [2.24, 2.45) is 0 Å². The minimum Gasteiger partial charge on any atom is -0.493 e. The summed E-state index contributed by atoms with van der Waals surface area (Å²) in [6.07, 6.45) is 7.15. The van der Waals surface area contributed by atoms with E-state index < -0.39 is 0 Å². The molecular weight excluding hydrogens is 355 g/mol. The normalized spacial score (nSPS) is 11.2. The van der Waals surface area contributed by atoms with Crippen LogP contribution < -0.4 is 9.47 Å². The van der Waals surface area contributed by atoms with E-state index in [9.17, 15) is 0 Å². The van der Waals surface area contributed by atoms with Crippen LogP contribution in [0.25, 0.3) is 10.8 Å².